The van der Waals surface area contributed by atoms with Crippen molar-refractivity contribution >= 4 is 34.2 Å². The second-order valence-corrected chi connectivity index (χ2v) is 3.97. The Balaban J connectivity index is 3.24. The van der Waals surface area contributed by atoms with Crippen LogP contribution in [0.3, 0.4) is 0 Å². The Morgan fingerprint density at radius 2 is 2.18 bits per heavy atom. The molecule has 0 amide bonds. The summed E-state index contributed by atoms with van der Waals surface area (Å²) in [6.45, 7) is 2.61. The predicted molar refractivity (Wildman–Crippen MR) is 56.8 cm³/mol. The summed E-state index contributed by atoms with van der Waals surface area (Å²) in [7, 11) is 0. The normalized spacial score (nSPS) is 10.2. The van der Waals surface area contributed by atoms with E-state index in [1.165, 1.54) is 9.13 Å². The highest BCUT2D eigenvalue weighted by atomic mass is 127. The number of hydrogen-bond acceptors (Lipinski definition) is 1. The quantitative estimate of drug-likeness (QED) is 0.787. The molecule has 0 saturated heterocycles. The fourth-order valence-corrected chi connectivity index (χ4v) is 2.02. The Morgan fingerprint density at radius 3 is 2.73 bits per heavy atom. The van der Waals surface area contributed by atoms with Crippen LogP contribution in [0.15, 0.2) is 12.1 Å². The van der Waals surface area contributed by atoms with Crippen LogP contribution in [0, 0.1) is 10.5 Å². The second kappa shape index (κ2) is 3.74. The van der Waals surface area contributed by atoms with Gasteiger partial charge in [0, 0.05) is 15.1 Å². The molecule has 0 aromatic heterocycles. The van der Waals surface area contributed by atoms with Crippen LogP contribution in [-0.2, 0) is 6.54 Å². The molecule has 0 aliphatic heterocycles. The first-order chi connectivity index (χ1) is 5.15. The van der Waals surface area contributed by atoms with Gasteiger partial charge in [0.2, 0.25) is 0 Å². The van der Waals surface area contributed by atoms with Gasteiger partial charge in [0.1, 0.15) is 0 Å². The van der Waals surface area contributed by atoms with E-state index in [9.17, 15) is 0 Å². The van der Waals surface area contributed by atoms with Gasteiger partial charge in [0.15, 0.2) is 0 Å². The highest BCUT2D eigenvalue weighted by Gasteiger charge is 2.01. The van der Waals surface area contributed by atoms with Crippen LogP contribution in [0.2, 0.25) is 5.02 Å². The summed E-state index contributed by atoms with van der Waals surface area (Å²) in [6.07, 6.45) is 0. The number of halogens is 2. The molecule has 0 fully saturated rings. The van der Waals surface area contributed by atoms with Crippen LogP contribution in [0.5, 0.6) is 0 Å². The number of hydrogen-bond donors (Lipinski definition) is 1. The Kier molecular flexibility index (Phi) is 3.16. The molecule has 2 N–H and O–H groups in total. The molecule has 0 atom stereocenters. The van der Waals surface area contributed by atoms with Crippen molar-refractivity contribution < 1.29 is 0 Å². The molecule has 0 bridgehead atoms. The van der Waals surface area contributed by atoms with Gasteiger partial charge in [0.05, 0.1) is 0 Å². The van der Waals surface area contributed by atoms with Gasteiger partial charge in [-0.05, 0) is 52.8 Å². The molecule has 0 aliphatic carbocycles. The average molecular weight is 282 g/mol. The number of rotatable bonds is 1. The monoisotopic (exact) mass is 281 g/mol. The molecule has 0 unspecified atom stereocenters. The van der Waals surface area contributed by atoms with E-state index in [1.807, 2.05) is 12.1 Å². The first kappa shape index (κ1) is 9.29. The maximum Gasteiger partial charge on any atom is 0.0419 e. The van der Waals surface area contributed by atoms with Crippen molar-refractivity contribution in [1.29, 1.82) is 0 Å². The van der Waals surface area contributed by atoms with Crippen molar-refractivity contribution in [2.75, 3.05) is 0 Å². The molecule has 0 heterocycles. The van der Waals surface area contributed by atoms with Crippen molar-refractivity contribution in [3.63, 3.8) is 0 Å². The summed E-state index contributed by atoms with van der Waals surface area (Å²) in [6, 6.07) is 3.86. The third-order valence-electron chi connectivity index (χ3n) is 1.64. The summed E-state index contributed by atoms with van der Waals surface area (Å²) in [5, 5.41) is 0.764. The standard InChI is InChI=1S/C8H9ClIN/c1-5-6(4-11)2-7(9)3-8(5)10/h2-3H,4,11H2,1H3. The topological polar surface area (TPSA) is 26.0 Å². The maximum absolute atomic E-state index is 5.84. The van der Waals surface area contributed by atoms with E-state index in [0.717, 1.165) is 10.6 Å². The largest absolute Gasteiger partial charge is 0.326 e. The predicted octanol–water partition coefficient (Wildman–Crippen LogP) is 2.71. The fraction of sp³-hybridized carbons (Fsp3) is 0.250. The lowest BCUT2D eigenvalue weighted by Gasteiger charge is -2.05. The van der Waals surface area contributed by atoms with Gasteiger partial charge in [-0.1, -0.05) is 11.6 Å². The van der Waals surface area contributed by atoms with Crippen molar-refractivity contribution in [3.05, 3.63) is 31.9 Å². The fourth-order valence-electron chi connectivity index (χ4n) is 0.911. The lowest BCUT2D eigenvalue weighted by atomic mass is 10.1. The summed E-state index contributed by atoms with van der Waals surface area (Å²) in [4.78, 5) is 0. The molecule has 0 radical (unpaired) electrons. The van der Waals surface area contributed by atoms with Crippen LogP contribution >= 0.6 is 34.2 Å². The highest BCUT2D eigenvalue weighted by Crippen LogP contribution is 2.21. The number of nitrogens with two attached hydrogens (primary N) is 1. The zero-order chi connectivity index (χ0) is 8.43. The van der Waals surface area contributed by atoms with E-state index in [2.05, 4.69) is 29.5 Å². The van der Waals surface area contributed by atoms with Gasteiger partial charge >= 0.3 is 0 Å². The Morgan fingerprint density at radius 1 is 1.55 bits per heavy atom. The molecule has 11 heavy (non-hydrogen) atoms. The Labute approximate surface area is 85.1 Å². The van der Waals surface area contributed by atoms with E-state index in [1.54, 1.807) is 0 Å². The highest BCUT2D eigenvalue weighted by molar-refractivity contribution is 14.1. The molecule has 1 aromatic carbocycles. The first-order valence-corrected chi connectivity index (χ1v) is 4.75. The molecular weight excluding hydrogens is 272 g/mol. The summed E-state index contributed by atoms with van der Waals surface area (Å²) >= 11 is 8.10. The SMILES string of the molecule is Cc1c(I)cc(Cl)cc1CN. The third kappa shape index (κ3) is 2.07. The van der Waals surface area contributed by atoms with E-state index in [0.29, 0.717) is 6.54 Å². The van der Waals surface area contributed by atoms with Crippen molar-refractivity contribution in [1.82, 2.24) is 0 Å². The van der Waals surface area contributed by atoms with Crippen LogP contribution in [0.4, 0.5) is 0 Å². The van der Waals surface area contributed by atoms with Gasteiger partial charge in [-0.2, -0.15) is 0 Å². The molecular formula is C8H9ClIN. The lowest BCUT2D eigenvalue weighted by Crippen LogP contribution is -2.00. The second-order valence-electron chi connectivity index (χ2n) is 2.38. The summed E-state index contributed by atoms with van der Waals surface area (Å²) < 4.78 is 1.18. The minimum Gasteiger partial charge on any atom is -0.326 e. The zero-order valence-electron chi connectivity index (χ0n) is 6.20. The van der Waals surface area contributed by atoms with Gasteiger partial charge in [-0.15, -0.1) is 0 Å². The van der Waals surface area contributed by atoms with Crippen LogP contribution in [-0.4, -0.2) is 0 Å². The van der Waals surface area contributed by atoms with Gasteiger partial charge < -0.3 is 5.73 Å². The molecule has 1 aromatic rings. The average Bonchev–Trinajstić information content (AvgIpc) is 1.96. The maximum atomic E-state index is 5.84. The molecule has 0 spiro atoms. The lowest BCUT2D eigenvalue weighted by molar-refractivity contribution is 1.04. The molecule has 60 valence electrons. The van der Waals surface area contributed by atoms with E-state index in [-0.39, 0.29) is 0 Å². The van der Waals surface area contributed by atoms with Crippen molar-refractivity contribution in [2.45, 2.75) is 13.5 Å². The minimum atomic E-state index is 0.558. The first-order valence-electron chi connectivity index (χ1n) is 3.29. The van der Waals surface area contributed by atoms with Crippen LogP contribution < -0.4 is 5.73 Å². The van der Waals surface area contributed by atoms with Crippen molar-refractivity contribution in [2.24, 2.45) is 5.73 Å². The number of benzene rings is 1. The molecule has 3 heteroatoms. The molecule has 1 rings (SSSR count). The molecule has 0 aliphatic rings. The summed E-state index contributed by atoms with van der Waals surface area (Å²) in [5.41, 5.74) is 7.89. The molecule has 0 saturated carbocycles. The van der Waals surface area contributed by atoms with E-state index in [4.69, 9.17) is 17.3 Å². The molecule has 1 nitrogen and oxygen atoms in total. The van der Waals surface area contributed by atoms with E-state index >= 15 is 0 Å². The van der Waals surface area contributed by atoms with Gasteiger partial charge in [-0.3, -0.25) is 0 Å². The summed E-state index contributed by atoms with van der Waals surface area (Å²) in [5.74, 6) is 0. The Hall–Kier alpha value is 0.200. The van der Waals surface area contributed by atoms with Gasteiger partial charge in [-0.25, -0.2) is 0 Å². The van der Waals surface area contributed by atoms with E-state index < -0.39 is 0 Å². The zero-order valence-corrected chi connectivity index (χ0v) is 9.11. The minimum absolute atomic E-state index is 0.558. The van der Waals surface area contributed by atoms with Crippen LogP contribution in [0.25, 0.3) is 0 Å². The smallest absolute Gasteiger partial charge is 0.0419 e. The Bertz CT molecular complexity index is 273. The van der Waals surface area contributed by atoms with Crippen LogP contribution in [0.1, 0.15) is 11.1 Å². The van der Waals surface area contributed by atoms with Gasteiger partial charge in [0.25, 0.3) is 0 Å². The van der Waals surface area contributed by atoms with Crippen molar-refractivity contribution in [3.8, 4) is 0 Å². The third-order valence-corrected chi connectivity index (χ3v) is 2.98.